The first kappa shape index (κ1) is 10.7. The Hall–Kier alpha value is -0.840. The van der Waals surface area contributed by atoms with E-state index in [1.165, 1.54) is 26.4 Å². The average Bonchev–Trinajstić information content (AvgIpc) is 2.52. The van der Waals surface area contributed by atoms with E-state index in [2.05, 4.69) is 25.8 Å². The molecule has 0 amide bonds. The van der Waals surface area contributed by atoms with Gasteiger partial charge in [-0.1, -0.05) is 6.42 Å². The maximum absolute atomic E-state index is 11.3. The molecule has 0 spiro atoms. The van der Waals surface area contributed by atoms with Crippen LogP contribution in [0.4, 0.5) is 0 Å². The van der Waals surface area contributed by atoms with Crippen LogP contribution in [0.25, 0.3) is 0 Å². The minimum Gasteiger partial charge on any atom is -0.464 e. The zero-order valence-electron chi connectivity index (χ0n) is 8.57. The van der Waals surface area contributed by atoms with Crippen LogP contribution in [-0.4, -0.2) is 22.9 Å². The SMILES string of the molecule is COC(=O)c1nn(CC2CCC2)cc1Br. The Balaban J connectivity index is 2.09. The number of hydrogen-bond donors (Lipinski definition) is 0. The lowest BCUT2D eigenvalue weighted by atomic mass is 9.85. The molecule has 1 fully saturated rings. The minimum atomic E-state index is -0.394. The van der Waals surface area contributed by atoms with Crippen LogP contribution in [0, 0.1) is 5.92 Å². The summed E-state index contributed by atoms with van der Waals surface area (Å²) >= 11 is 3.30. The number of halogens is 1. The van der Waals surface area contributed by atoms with Crippen LogP contribution in [0.3, 0.4) is 0 Å². The number of aromatic nitrogens is 2. The van der Waals surface area contributed by atoms with Crippen molar-refractivity contribution in [3.63, 3.8) is 0 Å². The molecule has 0 unspecified atom stereocenters. The van der Waals surface area contributed by atoms with Gasteiger partial charge < -0.3 is 4.74 Å². The van der Waals surface area contributed by atoms with E-state index in [0.29, 0.717) is 10.2 Å². The number of methoxy groups -OCH3 is 1. The van der Waals surface area contributed by atoms with Crippen LogP contribution in [0.1, 0.15) is 29.8 Å². The maximum atomic E-state index is 11.3. The number of rotatable bonds is 3. The first-order valence-electron chi connectivity index (χ1n) is 5.02. The number of nitrogens with zero attached hydrogens (tertiary/aromatic N) is 2. The molecule has 1 saturated carbocycles. The fraction of sp³-hybridized carbons (Fsp3) is 0.600. The zero-order valence-corrected chi connectivity index (χ0v) is 10.2. The van der Waals surface area contributed by atoms with Gasteiger partial charge in [-0.2, -0.15) is 5.10 Å². The normalized spacial score (nSPS) is 16.1. The highest BCUT2D eigenvalue weighted by Gasteiger charge is 2.20. The lowest BCUT2D eigenvalue weighted by molar-refractivity contribution is 0.0591. The summed E-state index contributed by atoms with van der Waals surface area (Å²) in [6.45, 7) is 0.898. The molecule has 15 heavy (non-hydrogen) atoms. The number of carbonyl (C=O) groups excluding carboxylic acids is 1. The summed E-state index contributed by atoms with van der Waals surface area (Å²) in [7, 11) is 1.36. The van der Waals surface area contributed by atoms with Crippen LogP contribution in [0.15, 0.2) is 10.7 Å². The molecule has 0 aliphatic heterocycles. The van der Waals surface area contributed by atoms with Crippen molar-refractivity contribution in [1.82, 2.24) is 9.78 Å². The van der Waals surface area contributed by atoms with Gasteiger partial charge >= 0.3 is 5.97 Å². The Bertz CT molecular complexity index is 371. The molecule has 4 nitrogen and oxygen atoms in total. The van der Waals surface area contributed by atoms with E-state index in [-0.39, 0.29) is 0 Å². The van der Waals surface area contributed by atoms with Gasteiger partial charge in [-0.15, -0.1) is 0 Å². The van der Waals surface area contributed by atoms with E-state index in [4.69, 9.17) is 0 Å². The van der Waals surface area contributed by atoms with Crippen molar-refractivity contribution in [3.8, 4) is 0 Å². The Morgan fingerprint density at radius 2 is 2.47 bits per heavy atom. The first-order chi connectivity index (χ1) is 7.20. The van der Waals surface area contributed by atoms with Crippen LogP contribution in [0.5, 0.6) is 0 Å². The predicted molar refractivity (Wildman–Crippen MR) is 58.6 cm³/mol. The van der Waals surface area contributed by atoms with E-state index in [1.54, 1.807) is 0 Å². The van der Waals surface area contributed by atoms with Gasteiger partial charge in [0.05, 0.1) is 11.6 Å². The molecule has 0 aromatic carbocycles. The molecule has 1 aliphatic rings. The van der Waals surface area contributed by atoms with Crippen molar-refractivity contribution >= 4 is 21.9 Å². The number of carbonyl (C=O) groups is 1. The topological polar surface area (TPSA) is 44.1 Å². The van der Waals surface area contributed by atoms with Gasteiger partial charge in [0, 0.05) is 12.7 Å². The molecule has 1 heterocycles. The largest absolute Gasteiger partial charge is 0.464 e. The fourth-order valence-electron chi connectivity index (χ4n) is 1.67. The van der Waals surface area contributed by atoms with Gasteiger partial charge in [-0.05, 0) is 34.7 Å². The molecule has 1 aromatic rings. The Morgan fingerprint density at radius 1 is 1.73 bits per heavy atom. The third kappa shape index (κ3) is 2.22. The molecule has 0 saturated heterocycles. The molecular weight excluding hydrogens is 260 g/mol. The molecular formula is C10H13BrN2O2. The monoisotopic (exact) mass is 272 g/mol. The molecule has 1 aliphatic carbocycles. The second-order valence-electron chi connectivity index (χ2n) is 3.84. The smallest absolute Gasteiger partial charge is 0.359 e. The third-order valence-corrected chi connectivity index (χ3v) is 3.35. The van der Waals surface area contributed by atoms with Gasteiger partial charge in [0.15, 0.2) is 5.69 Å². The van der Waals surface area contributed by atoms with Crippen LogP contribution in [-0.2, 0) is 11.3 Å². The number of ether oxygens (including phenoxy) is 1. The molecule has 0 radical (unpaired) electrons. The fourth-order valence-corrected chi connectivity index (χ4v) is 2.14. The summed E-state index contributed by atoms with van der Waals surface area (Å²) in [4.78, 5) is 11.3. The molecule has 82 valence electrons. The quantitative estimate of drug-likeness (QED) is 0.793. The van der Waals surface area contributed by atoms with Gasteiger partial charge in [0.2, 0.25) is 0 Å². The predicted octanol–water partition coefficient (Wildman–Crippen LogP) is 2.23. The van der Waals surface area contributed by atoms with Gasteiger partial charge in [0.1, 0.15) is 0 Å². The van der Waals surface area contributed by atoms with Crippen molar-refractivity contribution in [2.24, 2.45) is 5.92 Å². The van der Waals surface area contributed by atoms with Crippen molar-refractivity contribution in [1.29, 1.82) is 0 Å². The maximum Gasteiger partial charge on any atom is 0.359 e. The van der Waals surface area contributed by atoms with Gasteiger partial charge in [0.25, 0.3) is 0 Å². The lowest BCUT2D eigenvalue weighted by Gasteiger charge is -2.24. The van der Waals surface area contributed by atoms with Gasteiger partial charge in [-0.25, -0.2) is 4.79 Å². The van der Waals surface area contributed by atoms with Crippen LogP contribution in [0.2, 0.25) is 0 Å². The Morgan fingerprint density at radius 3 is 3.00 bits per heavy atom. The molecule has 5 heteroatoms. The van der Waals surface area contributed by atoms with Crippen molar-refractivity contribution in [2.45, 2.75) is 25.8 Å². The molecule has 0 bridgehead atoms. The highest BCUT2D eigenvalue weighted by atomic mass is 79.9. The van der Waals surface area contributed by atoms with E-state index < -0.39 is 5.97 Å². The second-order valence-corrected chi connectivity index (χ2v) is 4.69. The van der Waals surface area contributed by atoms with E-state index in [0.717, 1.165) is 12.5 Å². The average molecular weight is 273 g/mol. The summed E-state index contributed by atoms with van der Waals surface area (Å²) in [5, 5.41) is 4.20. The number of esters is 1. The third-order valence-electron chi connectivity index (χ3n) is 2.77. The van der Waals surface area contributed by atoms with Crippen LogP contribution < -0.4 is 0 Å². The standard InChI is InChI=1S/C10H13BrN2O2/c1-15-10(14)9-8(11)6-13(12-9)5-7-3-2-4-7/h6-7H,2-5H2,1H3. The molecule has 2 rings (SSSR count). The Labute approximate surface area is 96.7 Å². The van der Waals surface area contributed by atoms with Crippen LogP contribution >= 0.6 is 15.9 Å². The van der Waals surface area contributed by atoms with Gasteiger partial charge in [-0.3, -0.25) is 4.68 Å². The number of hydrogen-bond acceptors (Lipinski definition) is 3. The van der Waals surface area contributed by atoms with E-state index >= 15 is 0 Å². The highest BCUT2D eigenvalue weighted by molar-refractivity contribution is 9.10. The summed E-state index contributed by atoms with van der Waals surface area (Å²) in [5.41, 5.74) is 0.358. The van der Waals surface area contributed by atoms with E-state index in [1.807, 2.05) is 10.9 Å². The zero-order chi connectivity index (χ0) is 10.8. The lowest BCUT2D eigenvalue weighted by Crippen LogP contribution is -2.18. The summed E-state index contributed by atoms with van der Waals surface area (Å²) in [6.07, 6.45) is 5.69. The van der Waals surface area contributed by atoms with E-state index in [9.17, 15) is 4.79 Å². The molecule has 1 aromatic heterocycles. The summed E-state index contributed by atoms with van der Waals surface area (Å²) in [6, 6.07) is 0. The second kappa shape index (κ2) is 4.35. The van der Waals surface area contributed by atoms with Crippen molar-refractivity contribution in [2.75, 3.05) is 7.11 Å². The first-order valence-corrected chi connectivity index (χ1v) is 5.81. The Kier molecular flexibility index (Phi) is 3.09. The summed E-state index contributed by atoms with van der Waals surface area (Å²) < 4.78 is 7.15. The highest BCUT2D eigenvalue weighted by Crippen LogP contribution is 2.28. The minimum absolute atomic E-state index is 0.358. The summed E-state index contributed by atoms with van der Waals surface area (Å²) in [5.74, 6) is 0.330. The van der Waals surface area contributed by atoms with Crippen molar-refractivity contribution < 1.29 is 9.53 Å². The van der Waals surface area contributed by atoms with Crippen molar-refractivity contribution in [3.05, 3.63) is 16.4 Å². The molecule has 0 N–H and O–H groups in total. The molecule has 0 atom stereocenters.